The van der Waals surface area contributed by atoms with Crippen molar-refractivity contribution in [2.24, 2.45) is 0 Å². The summed E-state index contributed by atoms with van der Waals surface area (Å²) >= 11 is 0. The van der Waals surface area contributed by atoms with Gasteiger partial charge in [0.25, 0.3) is 0 Å². The Labute approximate surface area is 107 Å². The number of ether oxygens (including phenoxy) is 1. The summed E-state index contributed by atoms with van der Waals surface area (Å²) in [7, 11) is 0. The first-order valence-electron chi connectivity index (χ1n) is 6.73. The molecule has 1 atom stereocenters. The molecule has 18 heavy (non-hydrogen) atoms. The lowest BCUT2D eigenvalue weighted by Gasteiger charge is -2.18. The van der Waals surface area contributed by atoms with Crippen LogP contribution in [0.4, 0.5) is 6.01 Å². The quantitative estimate of drug-likeness (QED) is 0.860. The van der Waals surface area contributed by atoms with E-state index in [1.807, 2.05) is 0 Å². The number of anilines is 1. The molecule has 0 bridgehead atoms. The molecule has 0 radical (unpaired) electrons. The molecule has 2 fully saturated rings. The highest BCUT2D eigenvalue weighted by Crippen LogP contribution is 2.20. The highest BCUT2D eigenvalue weighted by Gasteiger charge is 2.23. The van der Waals surface area contributed by atoms with Gasteiger partial charge in [0.05, 0.1) is 12.6 Å². The summed E-state index contributed by atoms with van der Waals surface area (Å²) in [5, 5.41) is 11.6. The zero-order valence-corrected chi connectivity index (χ0v) is 10.8. The van der Waals surface area contributed by atoms with E-state index in [2.05, 4.69) is 27.3 Å². The van der Waals surface area contributed by atoms with Crippen molar-refractivity contribution in [1.29, 1.82) is 0 Å². The van der Waals surface area contributed by atoms with E-state index in [-0.39, 0.29) is 6.10 Å². The van der Waals surface area contributed by atoms with Crippen molar-refractivity contribution in [2.75, 3.05) is 24.6 Å². The first-order valence-corrected chi connectivity index (χ1v) is 6.73. The van der Waals surface area contributed by atoms with Crippen molar-refractivity contribution in [2.45, 2.75) is 44.9 Å². The standard InChI is InChI=1S/C12H20N4O2/c1-9-8-16(5-2-6-17-9)12-15-14-11(18-12)7-13-10-3-4-10/h9-10,13H,2-8H2,1H3. The Balaban J connectivity index is 1.59. The lowest BCUT2D eigenvalue weighted by Crippen LogP contribution is -2.30. The highest BCUT2D eigenvalue weighted by molar-refractivity contribution is 5.24. The van der Waals surface area contributed by atoms with Gasteiger partial charge < -0.3 is 19.4 Å². The Bertz CT molecular complexity index is 391. The summed E-state index contributed by atoms with van der Waals surface area (Å²) in [6, 6.07) is 1.28. The molecule has 0 aromatic carbocycles. The summed E-state index contributed by atoms with van der Waals surface area (Å²) in [5.74, 6) is 0.676. The summed E-state index contributed by atoms with van der Waals surface area (Å²) in [6.07, 6.45) is 3.75. The maximum atomic E-state index is 5.69. The van der Waals surface area contributed by atoms with E-state index >= 15 is 0 Å². The van der Waals surface area contributed by atoms with Crippen LogP contribution in [0.2, 0.25) is 0 Å². The third kappa shape index (κ3) is 3.00. The average molecular weight is 252 g/mol. The molecule has 0 spiro atoms. The molecule has 1 saturated heterocycles. The molecule has 6 heteroatoms. The molecular weight excluding hydrogens is 232 g/mol. The van der Waals surface area contributed by atoms with Crippen LogP contribution in [-0.2, 0) is 11.3 Å². The third-order valence-corrected chi connectivity index (χ3v) is 3.30. The number of nitrogens with one attached hydrogen (secondary N) is 1. The van der Waals surface area contributed by atoms with E-state index in [4.69, 9.17) is 9.15 Å². The van der Waals surface area contributed by atoms with Gasteiger partial charge in [0, 0.05) is 25.7 Å². The molecule has 100 valence electrons. The predicted octanol–water partition coefficient (Wildman–Crippen LogP) is 0.937. The second-order valence-corrected chi connectivity index (χ2v) is 5.11. The summed E-state index contributed by atoms with van der Waals surface area (Å²) < 4.78 is 11.3. The lowest BCUT2D eigenvalue weighted by atomic mass is 10.3. The number of hydrogen-bond acceptors (Lipinski definition) is 6. The van der Waals surface area contributed by atoms with Gasteiger partial charge in [-0.25, -0.2) is 0 Å². The van der Waals surface area contributed by atoms with E-state index in [0.29, 0.717) is 24.5 Å². The van der Waals surface area contributed by atoms with Crippen molar-refractivity contribution >= 4 is 6.01 Å². The van der Waals surface area contributed by atoms with Crippen molar-refractivity contribution in [3.8, 4) is 0 Å². The van der Waals surface area contributed by atoms with Crippen molar-refractivity contribution in [1.82, 2.24) is 15.5 Å². The van der Waals surface area contributed by atoms with Gasteiger partial charge in [-0.15, -0.1) is 5.10 Å². The van der Waals surface area contributed by atoms with Crippen LogP contribution < -0.4 is 10.2 Å². The van der Waals surface area contributed by atoms with Crippen LogP contribution >= 0.6 is 0 Å². The van der Waals surface area contributed by atoms with Crippen molar-refractivity contribution < 1.29 is 9.15 Å². The van der Waals surface area contributed by atoms with Crippen LogP contribution in [0.15, 0.2) is 4.42 Å². The second kappa shape index (κ2) is 5.24. The van der Waals surface area contributed by atoms with Crippen molar-refractivity contribution in [3.05, 3.63) is 5.89 Å². The third-order valence-electron chi connectivity index (χ3n) is 3.30. The molecular formula is C12H20N4O2. The van der Waals surface area contributed by atoms with E-state index in [1.165, 1.54) is 12.8 Å². The Hall–Kier alpha value is -1.14. The number of aromatic nitrogens is 2. The minimum Gasteiger partial charge on any atom is -0.407 e. The number of nitrogens with zero attached hydrogens (tertiary/aromatic N) is 3. The molecule has 6 nitrogen and oxygen atoms in total. The molecule has 0 amide bonds. The Morgan fingerprint density at radius 2 is 2.28 bits per heavy atom. The van der Waals surface area contributed by atoms with Gasteiger partial charge in [-0.05, 0) is 26.2 Å². The maximum absolute atomic E-state index is 5.69. The molecule has 1 aromatic heterocycles. The molecule has 2 aliphatic rings. The Kier molecular flexibility index (Phi) is 3.47. The smallest absolute Gasteiger partial charge is 0.318 e. The zero-order chi connectivity index (χ0) is 12.4. The van der Waals surface area contributed by atoms with E-state index in [9.17, 15) is 0 Å². The molecule has 2 heterocycles. The molecule has 1 aliphatic heterocycles. The maximum Gasteiger partial charge on any atom is 0.318 e. The summed E-state index contributed by atoms with van der Waals surface area (Å²) in [5.41, 5.74) is 0. The minimum atomic E-state index is 0.215. The fourth-order valence-corrected chi connectivity index (χ4v) is 2.13. The van der Waals surface area contributed by atoms with Gasteiger partial charge in [0.1, 0.15) is 0 Å². The summed E-state index contributed by atoms with van der Waals surface area (Å²) in [4.78, 5) is 2.12. The van der Waals surface area contributed by atoms with Gasteiger partial charge in [0.15, 0.2) is 0 Å². The molecule has 3 rings (SSSR count). The Morgan fingerprint density at radius 1 is 1.39 bits per heavy atom. The monoisotopic (exact) mass is 252 g/mol. The minimum absolute atomic E-state index is 0.215. The normalized spacial score (nSPS) is 25.2. The van der Waals surface area contributed by atoms with Crippen LogP contribution in [0.25, 0.3) is 0 Å². The topological polar surface area (TPSA) is 63.4 Å². The molecule has 1 N–H and O–H groups in total. The van der Waals surface area contributed by atoms with Gasteiger partial charge in [-0.1, -0.05) is 5.10 Å². The molecule has 1 aromatic rings. The lowest BCUT2D eigenvalue weighted by molar-refractivity contribution is 0.0818. The first kappa shape index (κ1) is 11.9. The van der Waals surface area contributed by atoms with Crippen LogP contribution in [0.1, 0.15) is 32.1 Å². The van der Waals surface area contributed by atoms with Crippen LogP contribution in [0.3, 0.4) is 0 Å². The summed E-state index contributed by atoms with van der Waals surface area (Å²) in [6.45, 7) is 5.30. The molecule has 1 unspecified atom stereocenters. The predicted molar refractivity (Wildman–Crippen MR) is 66.4 cm³/mol. The van der Waals surface area contributed by atoms with Gasteiger partial charge in [-0.2, -0.15) is 0 Å². The SMILES string of the molecule is CC1CN(c2nnc(CNC3CC3)o2)CCCO1. The Morgan fingerprint density at radius 3 is 3.11 bits per heavy atom. The van der Waals surface area contributed by atoms with Crippen molar-refractivity contribution in [3.63, 3.8) is 0 Å². The zero-order valence-electron chi connectivity index (χ0n) is 10.8. The molecule has 1 saturated carbocycles. The first-order chi connectivity index (χ1) is 8.81. The fourth-order valence-electron chi connectivity index (χ4n) is 2.13. The van der Waals surface area contributed by atoms with E-state index in [0.717, 1.165) is 26.1 Å². The average Bonchev–Trinajstić information content (AvgIpc) is 3.12. The van der Waals surface area contributed by atoms with Crippen LogP contribution in [0.5, 0.6) is 0 Å². The van der Waals surface area contributed by atoms with Crippen LogP contribution in [0, 0.1) is 0 Å². The fraction of sp³-hybridized carbons (Fsp3) is 0.833. The van der Waals surface area contributed by atoms with E-state index in [1.54, 1.807) is 0 Å². The van der Waals surface area contributed by atoms with E-state index < -0.39 is 0 Å². The highest BCUT2D eigenvalue weighted by atomic mass is 16.5. The van der Waals surface area contributed by atoms with Gasteiger partial charge in [0.2, 0.25) is 5.89 Å². The largest absolute Gasteiger partial charge is 0.407 e. The second-order valence-electron chi connectivity index (χ2n) is 5.11. The molecule has 1 aliphatic carbocycles. The van der Waals surface area contributed by atoms with Gasteiger partial charge in [-0.3, -0.25) is 0 Å². The van der Waals surface area contributed by atoms with Gasteiger partial charge >= 0.3 is 6.01 Å². The van der Waals surface area contributed by atoms with Crippen LogP contribution in [-0.4, -0.2) is 42.0 Å². The number of hydrogen-bond donors (Lipinski definition) is 1. The number of rotatable bonds is 4.